The van der Waals surface area contributed by atoms with Gasteiger partial charge in [-0.15, -0.1) is 0 Å². The molecule has 2 aromatic rings. The molecule has 23 heavy (non-hydrogen) atoms. The second-order valence-electron chi connectivity index (χ2n) is 5.28. The molecule has 1 aliphatic rings. The summed E-state index contributed by atoms with van der Waals surface area (Å²) in [5, 5.41) is 4.38. The van der Waals surface area contributed by atoms with Crippen molar-refractivity contribution in [1.82, 2.24) is 14.9 Å². The molecule has 0 spiro atoms. The Morgan fingerprint density at radius 1 is 1.43 bits per heavy atom. The number of hydrogen-bond acceptors (Lipinski definition) is 4. The molecule has 1 atom stereocenters. The minimum atomic E-state index is -0.00356. The molecule has 7 heteroatoms. The van der Waals surface area contributed by atoms with Gasteiger partial charge in [-0.05, 0) is 37.1 Å². The molecular formula is C16H18ClN3O2S. The van der Waals surface area contributed by atoms with E-state index in [0.717, 1.165) is 30.3 Å². The monoisotopic (exact) mass is 351 g/mol. The number of hydrogen-bond donors (Lipinski definition) is 1. The molecule has 122 valence electrons. The number of ether oxygens (including phenoxy) is 1. The van der Waals surface area contributed by atoms with Crippen molar-refractivity contribution in [2.45, 2.75) is 24.1 Å². The van der Waals surface area contributed by atoms with E-state index in [0.29, 0.717) is 17.3 Å². The Bertz CT molecular complexity index is 654. The number of carbonyl (C=O) groups is 1. The normalized spacial score (nSPS) is 17.3. The summed E-state index contributed by atoms with van der Waals surface area (Å²) in [6.07, 6.45) is 5.86. The van der Waals surface area contributed by atoms with Crippen LogP contribution in [0, 0.1) is 0 Å². The largest absolute Gasteiger partial charge is 0.376 e. The first kappa shape index (κ1) is 16.4. The highest BCUT2D eigenvalue weighted by Gasteiger charge is 2.16. The summed E-state index contributed by atoms with van der Waals surface area (Å²) >= 11 is 7.32. The van der Waals surface area contributed by atoms with E-state index in [1.54, 1.807) is 6.20 Å². The average Bonchev–Trinajstić information content (AvgIpc) is 3.23. The lowest BCUT2D eigenvalue weighted by Crippen LogP contribution is -2.32. The van der Waals surface area contributed by atoms with Gasteiger partial charge in [0.05, 0.1) is 11.9 Å². The number of rotatable bonds is 6. The molecule has 1 aliphatic heterocycles. The Labute approximate surface area is 144 Å². The first-order valence-corrected chi connectivity index (χ1v) is 8.89. The van der Waals surface area contributed by atoms with Gasteiger partial charge < -0.3 is 10.1 Å². The van der Waals surface area contributed by atoms with Gasteiger partial charge >= 0.3 is 0 Å². The smallest absolute Gasteiger partial charge is 0.230 e. The van der Waals surface area contributed by atoms with Crippen molar-refractivity contribution < 1.29 is 9.53 Å². The minimum absolute atomic E-state index is 0.00356. The Morgan fingerprint density at radius 3 is 3.00 bits per heavy atom. The molecule has 5 nitrogen and oxygen atoms in total. The molecular weight excluding hydrogens is 334 g/mol. The quantitative estimate of drug-likeness (QED) is 0.813. The fourth-order valence-corrected chi connectivity index (χ4v) is 3.34. The summed E-state index contributed by atoms with van der Waals surface area (Å²) in [5.74, 6) is 0.327. The number of imidazole rings is 1. The fourth-order valence-electron chi connectivity index (χ4n) is 2.41. The number of halogens is 1. The molecule has 1 aromatic heterocycles. The number of aromatic nitrogens is 2. The number of thioether (sulfide) groups is 1. The molecule has 0 radical (unpaired) electrons. The molecule has 1 N–H and O–H groups in total. The van der Waals surface area contributed by atoms with Crippen LogP contribution in [0.4, 0.5) is 0 Å². The van der Waals surface area contributed by atoms with E-state index in [-0.39, 0.29) is 12.0 Å². The number of nitrogens with one attached hydrogen (secondary N) is 1. The molecule has 1 amide bonds. The Balaban J connectivity index is 1.53. The number of amides is 1. The molecule has 1 aromatic carbocycles. The lowest BCUT2D eigenvalue weighted by atomic mass is 10.2. The van der Waals surface area contributed by atoms with Crippen LogP contribution in [-0.4, -0.2) is 40.5 Å². The molecule has 0 saturated carbocycles. The Kier molecular flexibility index (Phi) is 5.59. The van der Waals surface area contributed by atoms with Crippen LogP contribution in [-0.2, 0) is 9.53 Å². The average molecular weight is 352 g/mol. The third-order valence-electron chi connectivity index (χ3n) is 3.59. The number of nitrogens with zero attached hydrogens (tertiary/aromatic N) is 2. The van der Waals surface area contributed by atoms with Crippen LogP contribution in [0.2, 0.25) is 5.02 Å². The predicted molar refractivity (Wildman–Crippen MR) is 91.3 cm³/mol. The molecule has 0 aliphatic carbocycles. The van der Waals surface area contributed by atoms with Crippen LogP contribution in [0.1, 0.15) is 12.8 Å². The second-order valence-corrected chi connectivity index (χ2v) is 6.66. The number of carbonyl (C=O) groups excluding carboxylic acids is 1. The highest BCUT2D eigenvalue weighted by Crippen LogP contribution is 2.21. The molecule has 0 bridgehead atoms. The fraction of sp³-hybridized carbons (Fsp3) is 0.375. The summed E-state index contributed by atoms with van der Waals surface area (Å²) in [5.41, 5.74) is 0.967. The predicted octanol–water partition coefficient (Wildman–Crippen LogP) is 2.91. The second kappa shape index (κ2) is 7.86. The summed E-state index contributed by atoms with van der Waals surface area (Å²) in [6.45, 7) is 1.39. The van der Waals surface area contributed by atoms with Crippen LogP contribution in [0.15, 0.2) is 41.8 Å². The summed E-state index contributed by atoms with van der Waals surface area (Å²) in [6, 6.07) is 7.51. The van der Waals surface area contributed by atoms with Crippen molar-refractivity contribution in [3.63, 3.8) is 0 Å². The summed E-state index contributed by atoms with van der Waals surface area (Å²) < 4.78 is 7.43. The van der Waals surface area contributed by atoms with E-state index >= 15 is 0 Å². The highest BCUT2D eigenvalue weighted by atomic mass is 35.5. The highest BCUT2D eigenvalue weighted by molar-refractivity contribution is 7.99. The maximum atomic E-state index is 11.9. The van der Waals surface area contributed by atoms with Crippen LogP contribution in [0.25, 0.3) is 5.69 Å². The third-order valence-corrected chi connectivity index (χ3v) is 4.81. The van der Waals surface area contributed by atoms with Crippen LogP contribution >= 0.6 is 23.4 Å². The van der Waals surface area contributed by atoms with E-state index < -0.39 is 0 Å². The topological polar surface area (TPSA) is 56.2 Å². The summed E-state index contributed by atoms with van der Waals surface area (Å²) in [7, 11) is 0. The molecule has 2 heterocycles. The van der Waals surface area contributed by atoms with Gasteiger partial charge in [-0.25, -0.2) is 4.98 Å². The SMILES string of the molecule is O=C(CSc1nccn1-c1ccc(Cl)cc1)NC[C@@H]1CCCO1. The van der Waals surface area contributed by atoms with Crippen LogP contribution in [0.5, 0.6) is 0 Å². The molecule has 1 fully saturated rings. The zero-order chi connectivity index (χ0) is 16.1. The molecule has 0 unspecified atom stereocenters. The van der Waals surface area contributed by atoms with Crippen molar-refractivity contribution in [3.05, 3.63) is 41.7 Å². The van der Waals surface area contributed by atoms with Crippen molar-refractivity contribution in [3.8, 4) is 5.69 Å². The van der Waals surface area contributed by atoms with Crippen molar-refractivity contribution >= 4 is 29.3 Å². The number of benzene rings is 1. The van der Waals surface area contributed by atoms with E-state index in [2.05, 4.69) is 10.3 Å². The lowest BCUT2D eigenvalue weighted by molar-refractivity contribution is -0.119. The van der Waals surface area contributed by atoms with Gasteiger partial charge in [0.25, 0.3) is 0 Å². The van der Waals surface area contributed by atoms with Crippen molar-refractivity contribution in [1.29, 1.82) is 0 Å². The van der Waals surface area contributed by atoms with E-state index in [1.807, 2.05) is 35.0 Å². The van der Waals surface area contributed by atoms with Crippen LogP contribution < -0.4 is 5.32 Å². The van der Waals surface area contributed by atoms with E-state index in [9.17, 15) is 4.79 Å². The van der Waals surface area contributed by atoms with Gasteiger partial charge in [-0.1, -0.05) is 23.4 Å². The van der Waals surface area contributed by atoms with Gasteiger partial charge in [0, 0.05) is 36.3 Å². The first-order chi connectivity index (χ1) is 11.2. The molecule has 1 saturated heterocycles. The van der Waals surface area contributed by atoms with Gasteiger partial charge in [0.15, 0.2) is 5.16 Å². The van der Waals surface area contributed by atoms with E-state index in [4.69, 9.17) is 16.3 Å². The van der Waals surface area contributed by atoms with Gasteiger partial charge in [0.1, 0.15) is 0 Å². The van der Waals surface area contributed by atoms with Gasteiger partial charge in [-0.2, -0.15) is 0 Å². The van der Waals surface area contributed by atoms with Gasteiger partial charge in [0.2, 0.25) is 5.91 Å². The van der Waals surface area contributed by atoms with Crippen molar-refractivity contribution in [2.75, 3.05) is 18.9 Å². The third kappa shape index (κ3) is 4.50. The maximum Gasteiger partial charge on any atom is 0.230 e. The van der Waals surface area contributed by atoms with Crippen LogP contribution in [0.3, 0.4) is 0 Å². The minimum Gasteiger partial charge on any atom is -0.376 e. The standard InChI is InChI=1S/C16H18ClN3O2S/c17-12-3-5-13(6-4-12)20-8-7-18-16(20)23-11-15(21)19-10-14-2-1-9-22-14/h3-8,14H,1-2,9-11H2,(H,19,21)/t14-/m0/s1. The zero-order valence-electron chi connectivity index (χ0n) is 12.6. The van der Waals surface area contributed by atoms with E-state index in [1.165, 1.54) is 11.8 Å². The Morgan fingerprint density at radius 2 is 2.26 bits per heavy atom. The van der Waals surface area contributed by atoms with Gasteiger partial charge in [-0.3, -0.25) is 9.36 Å². The molecule has 3 rings (SSSR count). The first-order valence-electron chi connectivity index (χ1n) is 7.53. The summed E-state index contributed by atoms with van der Waals surface area (Å²) in [4.78, 5) is 16.3. The Hall–Kier alpha value is -1.50. The zero-order valence-corrected chi connectivity index (χ0v) is 14.1. The van der Waals surface area contributed by atoms with Crippen molar-refractivity contribution in [2.24, 2.45) is 0 Å². The maximum absolute atomic E-state index is 11.9. The lowest BCUT2D eigenvalue weighted by Gasteiger charge is -2.11.